The van der Waals surface area contributed by atoms with Gasteiger partial charge in [0.2, 0.25) is 5.91 Å². The van der Waals surface area contributed by atoms with Gasteiger partial charge in [0.25, 0.3) is 5.56 Å². The van der Waals surface area contributed by atoms with E-state index >= 15 is 0 Å². The molecule has 2 aromatic rings. The Morgan fingerprint density at radius 1 is 1.26 bits per heavy atom. The smallest absolute Gasteiger partial charge is 0.254 e. The predicted octanol–water partition coefficient (Wildman–Crippen LogP) is 3.80. The minimum atomic E-state index is -0.114. The van der Waals surface area contributed by atoms with Crippen molar-refractivity contribution in [2.24, 2.45) is 5.92 Å². The van der Waals surface area contributed by atoms with Crippen LogP contribution in [0.3, 0.4) is 0 Å². The summed E-state index contributed by atoms with van der Waals surface area (Å²) in [5.41, 5.74) is 1.68. The zero-order valence-corrected chi connectivity index (χ0v) is 18.7. The van der Waals surface area contributed by atoms with Crippen LogP contribution in [0.15, 0.2) is 34.5 Å². The highest BCUT2D eigenvalue weighted by Crippen LogP contribution is 2.32. The number of hydrogen-bond donors (Lipinski definition) is 1. The molecule has 1 amide bonds. The van der Waals surface area contributed by atoms with Gasteiger partial charge in [0, 0.05) is 43.0 Å². The molecule has 1 saturated heterocycles. The first kappa shape index (κ1) is 20.6. The lowest BCUT2D eigenvalue weighted by atomic mass is 9.97. The van der Waals surface area contributed by atoms with Crippen molar-refractivity contribution in [2.45, 2.75) is 64.1 Å². The zero-order chi connectivity index (χ0) is 21.2. The number of nitrogens with zero attached hydrogens (tertiary/aromatic N) is 3. The molecule has 1 aliphatic carbocycles. The van der Waals surface area contributed by atoms with Crippen molar-refractivity contribution in [3.63, 3.8) is 0 Å². The van der Waals surface area contributed by atoms with Crippen molar-refractivity contribution in [2.75, 3.05) is 13.1 Å². The number of carbonyl (C=O) groups is 1. The van der Waals surface area contributed by atoms with Gasteiger partial charge in [0.05, 0.1) is 11.7 Å². The lowest BCUT2D eigenvalue weighted by molar-refractivity contribution is -0.136. The lowest BCUT2D eigenvalue weighted by Crippen LogP contribution is -2.41. The number of piperidine rings is 1. The van der Waals surface area contributed by atoms with Gasteiger partial charge in [-0.1, -0.05) is 18.2 Å². The molecule has 2 aliphatic heterocycles. The molecule has 0 spiro atoms. The van der Waals surface area contributed by atoms with Crippen LogP contribution in [0, 0.1) is 5.92 Å². The Labute approximate surface area is 187 Å². The van der Waals surface area contributed by atoms with Gasteiger partial charge in [-0.15, -0.1) is 11.3 Å². The average Bonchev–Trinajstić information content (AvgIpc) is 3.48. The van der Waals surface area contributed by atoms with Crippen molar-refractivity contribution in [1.29, 1.82) is 0 Å². The number of hydrogen-bond acceptors (Lipinski definition) is 5. The second-order valence-electron chi connectivity index (χ2n) is 8.98. The van der Waals surface area contributed by atoms with E-state index in [9.17, 15) is 9.59 Å². The number of carbonyl (C=O) groups excluding carboxylic acids is 1. The maximum Gasteiger partial charge on any atom is 0.254 e. The summed E-state index contributed by atoms with van der Waals surface area (Å²) in [7, 11) is 0. The van der Waals surface area contributed by atoms with E-state index in [1.165, 1.54) is 4.88 Å². The molecule has 1 fully saturated rings. The van der Waals surface area contributed by atoms with E-state index in [1.54, 1.807) is 11.3 Å². The SMILES string of the molecule is O=C(CC1C=CCC1)N1CCCCC1c1nc2c(c(=O)[nH]1)CCN(Cc1cccs1)C2. The van der Waals surface area contributed by atoms with E-state index in [0.29, 0.717) is 24.7 Å². The standard InChI is InChI=1S/C24H30N4O2S/c29-22(14-17-6-1-2-7-17)28-11-4-3-9-21(28)23-25-20-16-27(15-18-8-5-13-31-18)12-10-19(20)24(30)26-23/h1,5-6,8,13,17,21H,2-4,7,9-12,14-16H2,(H,25,26,30). The fourth-order valence-corrected chi connectivity index (χ4v) is 5.90. The van der Waals surface area contributed by atoms with E-state index in [-0.39, 0.29) is 17.5 Å². The Morgan fingerprint density at radius 2 is 2.19 bits per heavy atom. The topological polar surface area (TPSA) is 69.3 Å². The minimum absolute atomic E-state index is 0.0209. The third kappa shape index (κ3) is 4.53. The molecule has 5 rings (SSSR count). The Morgan fingerprint density at radius 3 is 3.00 bits per heavy atom. The molecule has 0 radical (unpaired) electrons. The van der Waals surface area contributed by atoms with Crippen molar-refractivity contribution >= 4 is 17.2 Å². The molecule has 0 saturated carbocycles. The quantitative estimate of drug-likeness (QED) is 0.721. The second-order valence-corrected chi connectivity index (χ2v) is 10.0. The van der Waals surface area contributed by atoms with Gasteiger partial charge < -0.3 is 9.88 Å². The maximum absolute atomic E-state index is 13.1. The summed E-state index contributed by atoms with van der Waals surface area (Å²) in [4.78, 5) is 39.7. The van der Waals surface area contributed by atoms with Crippen LogP contribution in [0.5, 0.6) is 0 Å². The normalized spacial score (nSPS) is 23.8. The van der Waals surface area contributed by atoms with Crippen LogP contribution in [0.2, 0.25) is 0 Å². The summed E-state index contributed by atoms with van der Waals surface area (Å²) < 4.78 is 0. The molecule has 0 bridgehead atoms. The summed E-state index contributed by atoms with van der Waals surface area (Å²) in [5.74, 6) is 1.23. The highest BCUT2D eigenvalue weighted by molar-refractivity contribution is 7.09. The first-order chi connectivity index (χ1) is 15.2. The first-order valence-corrected chi connectivity index (χ1v) is 12.4. The lowest BCUT2D eigenvalue weighted by Gasteiger charge is -2.36. The van der Waals surface area contributed by atoms with E-state index in [1.807, 2.05) is 4.90 Å². The average molecular weight is 439 g/mol. The van der Waals surface area contributed by atoms with E-state index in [2.05, 4.69) is 39.5 Å². The number of H-pyrrole nitrogens is 1. The van der Waals surface area contributed by atoms with Gasteiger partial charge in [-0.25, -0.2) is 4.98 Å². The fourth-order valence-electron chi connectivity index (χ4n) is 5.15. The van der Waals surface area contributed by atoms with Gasteiger partial charge in [0.1, 0.15) is 5.82 Å². The maximum atomic E-state index is 13.1. The molecule has 7 heteroatoms. The number of aromatic nitrogens is 2. The van der Waals surface area contributed by atoms with E-state index < -0.39 is 0 Å². The highest BCUT2D eigenvalue weighted by Gasteiger charge is 2.32. The van der Waals surface area contributed by atoms with Crippen LogP contribution in [0.4, 0.5) is 0 Å². The van der Waals surface area contributed by atoms with Crippen LogP contribution in [0.1, 0.15) is 66.5 Å². The Hall–Kier alpha value is -2.25. The number of thiophene rings is 1. The number of aromatic amines is 1. The monoisotopic (exact) mass is 438 g/mol. The molecule has 3 aliphatic rings. The molecule has 0 aromatic carbocycles. The number of amides is 1. The molecular formula is C24H30N4O2S. The van der Waals surface area contributed by atoms with Crippen molar-refractivity contribution < 1.29 is 4.79 Å². The summed E-state index contributed by atoms with van der Waals surface area (Å²) in [6.45, 7) is 3.21. The van der Waals surface area contributed by atoms with Gasteiger partial charge in [-0.3, -0.25) is 14.5 Å². The van der Waals surface area contributed by atoms with Crippen molar-refractivity contribution in [3.05, 3.63) is 62.0 Å². The van der Waals surface area contributed by atoms with Crippen LogP contribution >= 0.6 is 11.3 Å². The fraction of sp³-hybridized carbons (Fsp3) is 0.542. The van der Waals surface area contributed by atoms with Gasteiger partial charge in [-0.05, 0) is 55.9 Å². The van der Waals surface area contributed by atoms with Crippen LogP contribution in [0.25, 0.3) is 0 Å². The molecule has 1 N–H and O–H groups in total. The molecule has 2 unspecified atom stereocenters. The number of nitrogens with one attached hydrogen (secondary N) is 1. The molecule has 31 heavy (non-hydrogen) atoms. The minimum Gasteiger partial charge on any atom is -0.332 e. The van der Waals surface area contributed by atoms with Gasteiger partial charge in [-0.2, -0.15) is 0 Å². The van der Waals surface area contributed by atoms with Crippen LogP contribution in [-0.2, 0) is 24.3 Å². The number of fused-ring (bicyclic) bond motifs is 1. The predicted molar refractivity (Wildman–Crippen MR) is 122 cm³/mol. The number of likely N-dealkylation sites (tertiary alicyclic amines) is 1. The summed E-state index contributed by atoms with van der Waals surface area (Å²) in [6, 6.07) is 4.12. The summed E-state index contributed by atoms with van der Waals surface area (Å²) >= 11 is 1.76. The molecule has 164 valence electrons. The summed E-state index contributed by atoms with van der Waals surface area (Å²) in [6.07, 6.45) is 10.7. The Balaban J connectivity index is 1.36. The zero-order valence-electron chi connectivity index (χ0n) is 17.9. The molecular weight excluding hydrogens is 408 g/mol. The second kappa shape index (κ2) is 9.09. The number of allylic oxidation sites excluding steroid dienone is 2. The number of rotatable bonds is 5. The molecule has 6 nitrogen and oxygen atoms in total. The Kier molecular flexibility index (Phi) is 6.05. The van der Waals surface area contributed by atoms with Crippen molar-refractivity contribution in [1.82, 2.24) is 19.8 Å². The van der Waals surface area contributed by atoms with Crippen LogP contribution < -0.4 is 5.56 Å². The Bertz CT molecular complexity index is 1010. The van der Waals surface area contributed by atoms with Gasteiger partial charge in [0.15, 0.2) is 0 Å². The van der Waals surface area contributed by atoms with E-state index in [4.69, 9.17) is 4.98 Å². The highest BCUT2D eigenvalue weighted by atomic mass is 32.1. The first-order valence-electron chi connectivity index (χ1n) is 11.5. The largest absolute Gasteiger partial charge is 0.332 e. The third-order valence-electron chi connectivity index (χ3n) is 6.82. The third-order valence-corrected chi connectivity index (χ3v) is 7.68. The van der Waals surface area contributed by atoms with E-state index in [0.717, 1.165) is 69.4 Å². The van der Waals surface area contributed by atoms with Gasteiger partial charge >= 0.3 is 0 Å². The van der Waals surface area contributed by atoms with Crippen LogP contribution in [-0.4, -0.2) is 38.8 Å². The van der Waals surface area contributed by atoms with Crippen molar-refractivity contribution in [3.8, 4) is 0 Å². The molecule has 2 atom stereocenters. The molecule has 4 heterocycles. The molecule has 2 aromatic heterocycles. The summed E-state index contributed by atoms with van der Waals surface area (Å²) in [5, 5.41) is 2.10.